The van der Waals surface area contributed by atoms with Gasteiger partial charge in [-0.2, -0.15) is 0 Å². The van der Waals surface area contributed by atoms with Gasteiger partial charge < -0.3 is 50.8 Å². The second-order valence-electron chi connectivity index (χ2n) is 10.6. The number of nitrogens with one attached hydrogen (secondary N) is 4. The van der Waals surface area contributed by atoms with Gasteiger partial charge in [-0.25, -0.2) is 4.79 Å². The minimum absolute atomic E-state index is 0.0722. The fourth-order valence-corrected chi connectivity index (χ4v) is 3.26. The molecule has 6 N–H and O–H groups in total. The predicted octanol–water partition coefficient (Wildman–Crippen LogP) is 0.0996. The van der Waals surface area contributed by atoms with Gasteiger partial charge in [0.15, 0.2) is 0 Å². The van der Waals surface area contributed by atoms with E-state index < -0.39 is 18.0 Å². The molecule has 0 rings (SSSR count). The average molecular weight is 719 g/mol. The van der Waals surface area contributed by atoms with Crippen LogP contribution in [0.25, 0.3) is 0 Å². The Morgan fingerprint density at radius 1 is 0.760 bits per heavy atom. The Balaban J connectivity index is -0.00000216. The highest BCUT2D eigenvalue weighted by Crippen LogP contribution is 2.02. The molecule has 0 bridgehead atoms. The Hall–Kier alpha value is -3.93. The van der Waals surface area contributed by atoms with Crippen LogP contribution in [0.3, 0.4) is 0 Å². The first-order chi connectivity index (χ1) is 23.8. The molecule has 1 unspecified atom stereocenters. The van der Waals surface area contributed by atoms with Crippen molar-refractivity contribution in [3.63, 3.8) is 0 Å². The fourth-order valence-electron chi connectivity index (χ4n) is 3.26. The molecule has 0 aliphatic rings. The molecule has 0 radical (unpaired) electrons. The maximum Gasteiger partial charge on any atom is 0.312 e. The van der Waals surface area contributed by atoms with Crippen LogP contribution in [-0.2, 0) is 47.7 Å². The molecule has 0 saturated carbocycles. The van der Waals surface area contributed by atoms with Gasteiger partial charge >= 0.3 is 6.03 Å². The number of ether oxygens (including phenoxy) is 4. The quantitative estimate of drug-likeness (QED) is 0.0434. The number of aldehydes is 1. The molecular weight excluding hydrogens is 656 g/mol. The zero-order valence-corrected chi connectivity index (χ0v) is 31.0. The molecule has 17 heteroatoms. The van der Waals surface area contributed by atoms with Gasteiger partial charge in [0.2, 0.25) is 23.6 Å². The lowest BCUT2D eigenvalue weighted by atomic mass is 10.0. The number of nitrogens with two attached hydrogens (primary N) is 1. The highest BCUT2D eigenvalue weighted by Gasteiger charge is 2.24. The number of Topliss-reactive ketones (excluding diaryl/α,β-unsaturated/α-hetero) is 1. The first kappa shape index (κ1) is 50.4. The van der Waals surface area contributed by atoms with Gasteiger partial charge in [0.1, 0.15) is 18.1 Å². The molecule has 6 amide bonds. The van der Waals surface area contributed by atoms with Crippen molar-refractivity contribution in [2.24, 2.45) is 11.7 Å². The minimum atomic E-state index is -0.724. The van der Waals surface area contributed by atoms with Crippen molar-refractivity contribution < 1.29 is 52.5 Å². The second kappa shape index (κ2) is 36.4. The molecule has 0 saturated heterocycles. The maximum absolute atomic E-state index is 12.1. The molecule has 50 heavy (non-hydrogen) atoms. The van der Waals surface area contributed by atoms with Gasteiger partial charge in [0.25, 0.3) is 0 Å². The largest absolute Gasteiger partial charge is 0.379 e. The lowest BCUT2D eigenvalue weighted by Gasteiger charge is -2.21. The van der Waals surface area contributed by atoms with E-state index in [4.69, 9.17) is 24.7 Å². The maximum atomic E-state index is 12.1. The van der Waals surface area contributed by atoms with Gasteiger partial charge in [-0.05, 0) is 25.3 Å². The lowest BCUT2D eigenvalue weighted by molar-refractivity contribution is -0.131. The predicted molar refractivity (Wildman–Crippen MR) is 188 cm³/mol. The third kappa shape index (κ3) is 35.4. The Morgan fingerprint density at radius 3 is 1.76 bits per heavy atom. The van der Waals surface area contributed by atoms with E-state index in [1.54, 1.807) is 20.9 Å². The zero-order valence-electron chi connectivity index (χ0n) is 31.0. The molecule has 0 aromatic rings. The summed E-state index contributed by atoms with van der Waals surface area (Å²) < 4.78 is 21.6. The topological polar surface area (TPSA) is 234 Å². The summed E-state index contributed by atoms with van der Waals surface area (Å²) in [5.74, 6) is -1.57. The highest BCUT2D eigenvalue weighted by molar-refractivity contribution is 5.91. The SMILES string of the molecule is CC.CC(=O)CNC(=O)C(NC(=O)CCOCCOCCOCCOCCNC(=O)CCN(C)C(=O)/C=C\C=O)C(C)C.CCCNC(N)=O. The highest BCUT2D eigenvalue weighted by atomic mass is 16.6. The first-order valence-electron chi connectivity index (χ1n) is 16.9. The fraction of sp³-hybridized carbons (Fsp3) is 0.727. The van der Waals surface area contributed by atoms with Crippen LogP contribution in [0.2, 0.25) is 0 Å². The number of ketones is 1. The molecule has 17 nitrogen and oxygen atoms in total. The zero-order chi connectivity index (χ0) is 38.6. The Bertz CT molecular complexity index is 980. The lowest BCUT2D eigenvalue weighted by Crippen LogP contribution is -2.50. The average Bonchev–Trinajstić information content (AvgIpc) is 3.08. The van der Waals surface area contributed by atoms with Crippen LogP contribution in [0.1, 0.15) is 60.8 Å². The summed E-state index contributed by atoms with van der Waals surface area (Å²) in [5, 5.41) is 10.3. The van der Waals surface area contributed by atoms with E-state index in [1.165, 1.54) is 11.8 Å². The number of amides is 6. The van der Waals surface area contributed by atoms with Crippen molar-refractivity contribution in [2.75, 3.05) is 86.1 Å². The van der Waals surface area contributed by atoms with Gasteiger partial charge in [-0.15, -0.1) is 0 Å². The Morgan fingerprint density at radius 2 is 1.30 bits per heavy atom. The van der Waals surface area contributed by atoms with E-state index in [-0.39, 0.29) is 62.0 Å². The number of allylic oxidation sites excluding steroid dienone is 1. The first-order valence-corrected chi connectivity index (χ1v) is 16.9. The molecular formula is C33H62N6O11. The monoisotopic (exact) mass is 718 g/mol. The summed E-state index contributed by atoms with van der Waals surface area (Å²) in [6.07, 6.45) is 3.93. The standard InChI is InChI=1S/C27H46N4O10.C4H10N2O.C2H6/c1-21(2)26(27(37)29-20-22(3)33)30-24(35)8-12-38-14-16-40-18-19-41-17-15-39-13-9-28-23(34)7-10-31(4)25(36)6-5-11-32;1-2-3-6-4(5)7;1-2/h5-6,11,21,26H,7-10,12-20H2,1-4H3,(H,28,34)(H,29,37)(H,30,35);2-3H2,1H3,(H3,5,6,7);1-2H3/b6-5-;;. The van der Waals surface area contributed by atoms with E-state index >= 15 is 0 Å². The molecule has 0 heterocycles. The summed E-state index contributed by atoms with van der Waals surface area (Å²) in [7, 11) is 1.55. The number of carbonyl (C=O) groups excluding carboxylic acids is 7. The molecule has 0 aromatic heterocycles. The number of nitrogens with zero attached hydrogens (tertiary/aromatic N) is 1. The van der Waals surface area contributed by atoms with E-state index in [2.05, 4.69) is 21.3 Å². The van der Waals surface area contributed by atoms with Crippen LogP contribution in [0.15, 0.2) is 12.2 Å². The van der Waals surface area contributed by atoms with Crippen LogP contribution in [-0.4, -0.2) is 139 Å². The summed E-state index contributed by atoms with van der Waals surface area (Å²) >= 11 is 0. The third-order valence-corrected chi connectivity index (χ3v) is 5.85. The van der Waals surface area contributed by atoms with Crippen molar-refractivity contribution in [3.05, 3.63) is 12.2 Å². The van der Waals surface area contributed by atoms with Crippen molar-refractivity contribution in [1.82, 2.24) is 26.2 Å². The number of hydrogen-bond acceptors (Lipinski definition) is 11. The van der Waals surface area contributed by atoms with Crippen LogP contribution in [0.4, 0.5) is 4.79 Å². The van der Waals surface area contributed by atoms with Crippen LogP contribution in [0, 0.1) is 5.92 Å². The van der Waals surface area contributed by atoms with E-state index in [1.807, 2.05) is 20.8 Å². The molecule has 290 valence electrons. The summed E-state index contributed by atoms with van der Waals surface area (Å²) in [6.45, 7) is 14.7. The van der Waals surface area contributed by atoms with Gasteiger partial charge in [0, 0.05) is 45.6 Å². The number of carbonyl (C=O) groups is 7. The number of urea groups is 1. The number of likely N-dealkylation sites (N-methyl/N-ethyl adjacent to an activating group) is 1. The van der Waals surface area contributed by atoms with Crippen molar-refractivity contribution >= 4 is 41.7 Å². The van der Waals surface area contributed by atoms with E-state index in [9.17, 15) is 33.6 Å². The number of primary amides is 1. The molecule has 0 aromatic carbocycles. The minimum Gasteiger partial charge on any atom is -0.379 e. The molecule has 0 fully saturated rings. The second-order valence-corrected chi connectivity index (χ2v) is 10.6. The van der Waals surface area contributed by atoms with Crippen LogP contribution in [0.5, 0.6) is 0 Å². The van der Waals surface area contributed by atoms with E-state index in [0.717, 1.165) is 18.6 Å². The van der Waals surface area contributed by atoms with Crippen molar-refractivity contribution in [1.29, 1.82) is 0 Å². The summed E-state index contributed by atoms with van der Waals surface area (Å²) in [4.78, 5) is 80.1. The normalized spacial score (nSPS) is 10.9. The number of rotatable bonds is 27. The molecule has 1 atom stereocenters. The van der Waals surface area contributed by atoms with Gasteiger partial charge in [0.05, 0.1) is 59.4 Å². The van der Waals surface area contributed by atoms with E-state index in [0.29, 0.717) is 65.6 Å². The van der Waals surface area contributed by atoms with Crippen molar-refractivity contribution in [3.8, 4) is 0 Å². The molecule has 0 aliphatic carbocycles. The van der Waals surface area contributed by atoms with Crippen LogP contribution < -0.4 is 27.0 Å². The smallest absolute Gasteiger partial charge is 0.312 e. The third-order valence-electron chi connectivity index (χ3n) is 5.85. The molecule has 0 spiro atoms. The van der Waals surface area contributed by atoms with Crippen molar-refractivity contribution in [2.45, 2.75) is 66.8 Å². The molecule has 0 aliphatic heterocycles. The van der Waals surface area contributed by atoms with Crippen LogP contribution >= 0.6 is 0 Å². The summed E-state index contributed by atoms with van der Waals surface area (Å²) in [5.41, 5.74) is 4.73. The number of hydrogen-bond donors (Lipinski definition) is 5. The van der Waals surface area contributed by atoms with Gasteiger partial charge in [-0.1, -0.05) is 34.6 Å². The summed E-state index contributed by atoms with van der Waals surface area (Å²) in [6, 6.07) is -1.17. The Kier molecular flexibility index (Phi) is 36.7. The Labute approximate surface area is 297 Å². The van der Waals surface area contributed by atoms with Gasteiger partial charge in [-0.3, -0.25) is 28.8 Å².